The molecule has 5 aromatic rings. The second-order valence-corrected chi connectivity index (χ2v) is 16.2. The Hall–Kier alpha value is -6.40. The van der Waals surface area contributed by atoms with Gasteiger partial charge < -0.3 is 34.0 Å². The number of nitrogens with one attached hydrogen (secondary N) is 1. The predicted molar refractivity (Wildman–Crippen MR) is 225 cm³/mol. The first-order valence-electron chi connectivity index (χ1n) is 19.8. The summed E-state index contributed by atoms with van der Waals surface area (Å²) in [6, 6.07) is 23.9. The van der Waals surface area contributed by atoms with E-state index in [4.69, 9.17) is 30.2 Å². The van der Waals surface area contributed by atoms with Crippen molar-refractivity contribution < 1.29 is 38.1 Å². The summed E-state index contributed by atoms with van der Waals surface area (Å²) in [4.78, 5) is 51.3. The van der Waals surface area contributed by atoms with Crippen molar-refractivity contribution in [1.29, 1.82) is 0 Å². The number of aliphatic imine (C=N–C) groups is 1. The number of aromatic nitrogens is 1. The molecule has 1 unspecified atom stereocenters. The van der Waals surface area contributed by atoms with E-state index in [1.54, 1.807) is 26.0 Å². The number of benzene rings is 4. The number of oxazole rings is 1. The maximum Gasteiger partial charge on any atom is 0.326 e. The molecule has 2 amide bonds. The number of carboxylic acid groups (broad SMARTS) is 1. The zero-order valence-corrected chi connectivity index (χ0v) is 34.7. The van der Waals surface area contributed by atoms with Gasteiger partial charge in [-0.3, -0.25) is 14.6 Å². The molecular formula is C47H45ClN4O8. The highest BCUT2D eigenvalue weighted by Gasteiger charge is 2.40. The molecule has 308 valence electrons. The van der Waals surface area contributed by atoms with Crippen molar-refractivity contribution in [2.24, 2.45) is 4.99 Å². The zero-order chi connectivity index (χ0) is 42.3. The summed E-state index contributed by atoms with van der Waals surface area (Å²) in [5, 5.41) is 13.7. The summed E-state index contributed by atoms with van der Waals surface area (Å²) in [6.07, 6.45) is 2.42. The Morgan fingerprint density at radius 1 is 0.967 bits per heavy atom. The minimum absolute atomic E-state index is 0.0322. The largest absolute Gasteiger partial charge is 0.485 e. The summed E-state index contributed by atoms with van der Waals surface area (Å²) in [6.45, 7) is 9.83. The number of hydrogen-bond donors (Lipinski definition) is 2. The molecule has 4 atom stereocenters. The van der Waals surface area contributed by atoms with Crippen LogP contribution < -0.4 is 19.5 Å². The lowest BCUT2D eigenvalue weighted by atomic mass is 9.72. The average Bonchev–Trinajstić information content (AvgIpc) is 3.58. The fraction of sp³-hybridized carbons (Fsp3) is 0.298. The number of aryl methyl sites for hydroxylation is 2. The molecule has 2 N–H and O–H groups in total. The lowest BCUT2D eigenvalue weighted by Gasteiger charge is -2.37. The second-order valence-electron chi connectivity index (χ2n) is 15.8. The van der Waals surface area contributed by atoms with E-state index >= 15 is 0 Å². The van der Waals surface area contributed by atoms with Crippen molar-refractivity contribution in [3.8, 4) is 23.0 Å². The first-order chi connectivity index (χ1) is 28.7. The molecule has 4 aromatic carbocycles. The number of ether oxygens (including phenoxy) is 3. The average molecular weight is 829 g/mol. The molecule has 60 heavy (non-hydrogen) atoms. The number of allylic oxidation sites excluding steroid dienone is 2. The van der Waals surface area contributed by atoms with Crippen LogP contribution in [0.5, 0.6) is 23.0 Å². The van der Waals surface area contributed by atoms with Gasteiger partial charge in [0.05, 0.1) is 0 Å². The van der Waals surface area contributed by atoms with Crippen LogP contribution in [0.3, 0.4) is 0 Å². The van der Waals surface area contributed by atoms with E-state index in [1.807, 2.05) is 85.9 Å². The van der Waals surface area contributed by atoms with Crippen LogP contribution in [0.1, 0.15) is 83.3 Å². The van der Waals surface area contributed by atoms with Crippen LogP contribution in [-0.4, -0.2) is 57.7 Å². The van der Waals surface area contributed by atoms with Gasteiger partial charge in [0.2, 0.25) is 5.91 Å². The fourth-order valence-electron chi connectivity index (χ4n) is 8.10. The molecule has 3 aliphatic heterocycles. The Morgan fingerprint density at radius 2 is 1.72 bits per heavy atom. The van der Waals surface area contributed by atoms with Gasteiger partial charge in [-0.2, -0.15) is 0 Å². The van der Waals surface area contributed by atoms with Gasteiger partial charge in [-0.05, 0) is 103 Å². The van der Waals surface area contributed by atoms with Crippen molar-refractivity contribution in [2.45, 2.75) is 84.0 Å². The maximum atomic E-state index is 14.2. The normalized spacial score (nSPS) is 20.0. The number of carboxylic acids is 1. The molecule has 0 saturated carbocycles. The Morgan fingerprint density at radius 3 is 2.42 bits per heavy atom. The van der Waals surface area contributed by atoms with Gasteiger partial charge in [0.1, 0.15) is 35.9 Å². The first-order valence-corrected chi connectivity index (χ1v) is 20.2. The number of carbonyl (C=O) groups is 3. The topological polar surface area (TPSA) is 153 Å². The smallest absolute Gasteiger partial charge is 0.326 e. The molecule has 0 spiro atoms. The minimum Gasteiger partial charge on any atom is -0.485 e. The molecule has 0 radical (unpaired) electrons. The van der Waals surface area contributed by atoms with Gasteiger partial charge in [-0.1, -0.05) is 61.0 Å². The van der Waals surface area contributed by atoms with E-state index in [-0.39, 0.29) is 37.1 Å². The third-order valence-corrected chi connectivity index (χ3v) is 12.0. The predicted octanol–water partition coefficient (Wildman–Crippen LogP) is 8.65. The number of amides is 2. The van der Waals surface area contributed by atoms with Crippen molar-refractivity contribution in [3.05, 3.63) is 146 Å². The van der Waals surface area contributed by atoms with E-state index in [9.17, 15) is 19.5 Å². The summed E-state index contributed by atoms with van der Waals surface area (Å²) >= 11 is 6.11. The minimum atomic E-state index is -1.26. The fourth-order valence-corrected chi connectivity index (χ4v) is 8.28. The molecule has 0 aliphatic carbocycles. The number of fused-ring (bicyclic) bond motifs is 2. The standard InChI is InChI=1S/C47H45ClN4O8/c1-26-27(2)49-18-17-47(26,5)34-13-9-30(10-14-34)19-38(46(55)56)51-44(53)39-20-32-21-40-41(22-33(32)24-52(39)45(54)43-28(3)58-29(4)50-43)60-42(25-57-40)31-11-15-36(16-12-31)59-37-8-6-7-35(48)23-37/h6-16,18,21-23,38-39,42H,17,19-20,24-25H2,1-5H3,(H,51,53)(H,55,56)/t38-,39-,42+,47?/m0/s1. The molecule has 1 aromatic heterocycles. The highest BCUT2D eigenvalue weighted by molar-refractivity contribution is 6.30. The number of nitrogens with zero attached hydrogens (tertiary/aromatic N) is 3. The number of rotatable bonds is 10. The SMILES string of the molecule is CC1=C(C)C(C)(c2ccc(C[C@H](NC(=O)[C@@H]3Cc4cc5c(cc4CN3C(=O)c3nc(C)oc3C)O[C@@H](c3ccc(Oc4cccc(Cl)c4)cc3)CO5)C(=O)O)cc2)CC=N1. The van der Waals surface area contributed by atoms with E-state index in [0.29, 0.717) is 39.7 Å². The van der Waals surface area contributed by atoms with E-state index in [0.717, 1.165) is 39.9 Å². The number of halogens is 1. The third kappa shape index (κ3) is 8.11. The number of carbonyl (C=O) groups excluding carboxylic acids is 2. The van der Waals surface area contributed by atoms with Gasteiger partial charge >= 0.3 is 5.97 Å². The van der Waals surface area contributed by atoms with E-state index in [1.165, 1.54) is 10.5 Å². The van der Waals surface area contributed by atoms with Crippen LogP contribution in [0.2, 0.25) is 5.02 Å². The molecule has 8 rings (SSSR count). The number of aliphatic carboxylic acids is 1. The molecule has 3 aliphatic rings. The van der Waals surface area contributed by atoms with Gasteiger partial charge in [-0.25, -0.2) is 9.78 Å². The van der Waals surface area contributed by atoms with Crippen LogP contribution in [0.25, 0.3) is 0 Å². The zero-order valence-electron chi connectivity index (χ0n) is 34.0. The summed E-state index contributed by atoms with van der Waals surface area (Å²) in [5.74, 6) is 0.605. The molecule has 0 fully saturated rings. The highest BCUT2D eigenvalue weighted by Crippen LogP contribution is 2.42. The van der Waals surface area contributed by atoms with Crippen LogP contribution >= 0.6 is 11.6 Å². The molecule has 0 saturated heterocycles. The quantitative estimate of drug-likeness (QED) is 0.141. The summed E-state index contributed by atoms with van der Waals surface area (Å²) in [5.41, 5.74) is 6.29. The van der Waals surface area contributed by atoms with Crippen LogP contribution in [0.4, 0.5) is 0 Å². The maximum absolute atomic E-state index is 14.2. The lowest BCUT2D eigenvalue weighted by molar-refractivity contribution is -0.142. The lowest BCUT2D eigenvalue weighted by Crippen LogP contribution is -2.56. The second kappa shape index (κ2) is 16.3. The molecule has 12 nitrogen and oxygen atoms in total. The van der Waals surface area contributed by atoms with Crippen LogP contribution in [0.15, 0.2) is 106 Å². The Bertz CT molecular complexity index is 2550. The molecule has 4 heterocycles. The van der Waals surface area contributed by atoms with E-state index in [2.05, 4.69) is 29.1 Å². The number of hydrogen-bond acceptors (Lipinski definition) is 9. The van der Waals surface area contributed by atoms with Gasteiger partial charge in [0, 0.05) is 48.7 Å². The van der Waals surface area contributed by atoms with Crippen LogP contribution in [-0.2, 0) is 34.4 Å². The first kappa shape index (κ1) is 40.4. The van der Waals surface area contributed by atoms with Crippen molar-refractivity contribution in [2.75, 3.05) is 6.61 Å². The molecule has 13 heteroatoms. The van der Waals surface area contributed by atoms with Crippen molar-refractivity contribution in [1.82, 2.24) is 15.2 Å². The molecular weight excluding hydrogens is 784 g/mol. The monoisotopic (exact) mass is 828 g/mol. The summed E-state index contributed by atoms with van der Waals surface area (Å²) in [7, 11) is 0. The van der Waals surface area contributed by atoms with Gasteiger partial charge in [0.15, 0.2) is 29.2 Å². The summed E-state index contributed by atoms with van der Waals surface area (Å²) < 4.78 is 24.2. The van der Waals surface area contributed by atoms with Gasteiger partial charge in [0.25, 0.3) is 5.91 Å². The van der Waals surface area contributed by atoms with E-state index < -0.39 is 36.0 Å². The van der Waals surface area contributed by atoms with Crippen molar-refractivity contribution in [3.63, 3.8) is 0 Å². The third-order valence-electron chi connectivity index (χ3n) is 11.8. The Labute approximate surface area is 352 Å². The van der Waals surface area contributed by atoms with Crippen molar-refractivity contribution >= 4 is 35.6 Å². The van der Waals surface area contributed by atoms with Gasteiger partial charge in [-0.15, -0.1) is 0 Å². The van der Waals surface area contributed by atoms with Crippen LogP contribution in [0, 0.1) is 13.8 Å². The molecule has 0 bridgehead atoms. The Balaban J connectivity index is 1.01. The Kier molecular flexibility index (Phi) is 11.0. The highest BCUT2D eigenvalue weighted by atomic mass is 35.5.